The highest BCUT2D eigenvalue weighted by molar-refractivity contribution is 5.78. The van der Waals surface area contributed by atoms with Crippen LogP contribution in [0.2, 0.25) is 0 Å². The lowest BCUT2D eigenvalue weighted by molar-refractivity contribution is -0.147. The number of aromatic nitrogens is 1. The van der Waals surface area contributed by atoms with Gasteiger partial charge >= 0.3 is 0 Å². The van der Waals surface area contributed by atoms with E-state index in [-0.39, 0.29) is 11.5 Å². The second-order valence-corrected chi connectivity index (χ2v) is 7.02. The number of amides is 1. The molecule has 0 bridgehead atoms. The lowest BCUT2D eigenvalue weighted by Crippen LogP contribution is -2.53. The first-order valence-electron chi connectivity index (χ1n) is 8.56. The Kier molecular flexibility index (Phi) is 4.97. The molecule has 126 valence electrons. The highest BCUT2D eigenvalue weighted by atomic mass is 16.5. The van der Waals surface area contributed by atoms with Gasteiger partial charge in [0.15, 0.2) is 0 Å². The summed E-state index contributed by atoms with van der Waals surface area (Å²) in [5.41, 5.74) is 0.828. The van der Waals surface area contributed by atoms with Crippen LogP contribution in [0.4, 0.5) is 0 Å². The summed E-state index contributed by atoms with van der Waals surface area (Å²) in [5.74, 6) is 0.179. The number of rotatable bonds is 3. The van der Waals surface area contributed by atoms with Gasteiger partial charge in [0.2, 0.25) is 5.91 Å². The molecule has 5 heteroatoms. The number of carbonyl (C=O) groups excluding carboxylic acids is 1. The van der Waals surface area contributed by atoms with E-state index in [1.807, 2.05) is 23.1 Å². The molecule has 0 N–H and O–H groups in total. The topological polar surface area (TPSA) is 45.7 Å². The van der Waals surface area contributed by atoms with Crippen molar-refractivity contribution >= 4 is 5.91 Å². The van der Waals surface area contributed by atoms with Crippen molar-refractivity contribution in [1.82, 2.24) is 14.8 Å². The van der Waals surface area contributed by atoms with Crippen LogP contribution in [0.3, 0.4) is 0 Å². The summed E-state index contributed by atoms with van der Waals surface area (Å²) >= 11 is 0. The Morgan fingerprint density at radius 2 is 2.17 bits per heavy atom. The van der Waals surface area contributed by atoms with Gasteiger partial charge < -0.3 is 14.5 Å². The molecule has 0 aliphatic carbocycles. The molecule has 0 radical (unpaired) electrons. The quantitative estimate of drug-likeness (QED) is 0.852. The van der Waals surface area contributed by atoms with Crippen LogP contribution in [-0.4, -0.2) is 66.1 Å². The van der Waals surface area contributed by atoms with Crippen molar-refractivity contribution in [2.75, 3.05) is 33.8 Å². The van der Waals surface area contributed by atoms with E-state index in [4.69, 9.17) is 4.74 Å². The van der Waals surface area contributed by atoms with Crippen LogP contribution in [0.15, 0.2) is 24.4 Å². The molecule has 2 saturated heterocycles. The minimum atomic E-state index is -0.0189. The summed E-state index contributed by atoms with van der Waals surface area (Å²) in [6, 6.07) is 6.31. The Labute approximate surface area is 138 Å². The molecule has 0 aromatic carbocycles. The number of piperidine rings is 1. The summed E-state index contributed by atoms with van der Waals surface area (Å²) in [7, 11) is 4.30. The monoisotopic (exact) mass is 317 g/mol. The normalized spacial score (nSPS) is 24.1. The van der Waals surface area contributed by atoms with Crippen LogP contribution in [0.25, 0.3) is 0 Å². The van der Waals surface area contributed by atoms with Crippen molar-refractivity contribution in [2.24, 2.45) is 0 Å². The maximum Gasteiger partial charge on any atom is 0.228 e. The number of hydrogen-bond acceptors (Lipinski definition) is 4. The zero-order valence-electron chi connectivity index (χ0n) is 14.2. The minimum absolute atomic E-state index is 0.0189. The zero-order chi connectivity index (χ0) is 16.3. The Balaban J connectivity index is 1.54. The molecular formula is C18H27N3O2. The largest absolute Gasteiger partial charge is 0.375 e. The van der Waals surface area contributed by atoms with Crippen molar-refractivity contribution in [3.63, 3.8) is 0 Å². The predicted octanol–water partition coefficient (Wildman–Crippen LogP) is 1.73. The molecule has 23 heavy (non-hydrogen) atoms. The van der Waals surface area contributed by atoms with Crippen molar-refractivity contribution in [3.8, 4) is 0 Å². The lowest BCUT2D eigenvalue weighted by atomic mass is 9.82. The van der Waals surface area contributed by atoms with Gasteiger partial charge in [0, 0.05) is 37.6 Å². The average Bonchev–Trinajstić information content (AvgIpc) is 2.56. The third-order valence-corrected chi connectivity index (χ3v) is 5.28. The fourth-order valence-corrected chi connectivity index (χ4v) is 3.72. The fourth-order valence-electron chi connectivity index (χ4n) is 3.72. The minimum Gasteiger partial charge on any atom is -0.375 e. The molecule has 1 aromatic rings. The van der Waals surface area contributed by atoms with Gasteiger partial charge in [-0.15, -0.1) is 0 Å². The first kappa shape index (κ1) is 16.4. The van der Waals surface area contributed by atoms with E-state index in [9.17, 15) is 4.79 Å². The maximum atomic E-state index is 12.4. The number of pyridine rings is 1. The van der Waals surface area contributed by atoms with Crippen LogP contribution in [0, 0.1) is 0 Å². The Bertz CT molecular complexity index is 524. The Morgan fingerprint density at radius 1 is 1.39 bits per heavy atom. The van der Waals surface area contributed by atoms with Gasteiger partial charge in [0.05, 0.1) is 12.0 Å². The summed E-state index contributed by atoms with van der Waals surface area (Å²) in [6.45, 7) is 2.43. The van der Waals surface area contributed by atoms with E-state index in [0.29, 0.717) is 12.5 Å². The number of ether oxygens (including phenoxy) is 1. The molecule has 3 heterocycles. The van der Waals surface area contributed by atoms with Gasteiger partial charge in [0.25, 0.3) is 0 Å². The van der Waals surface area contributed by atoms with Crippen LogP contribution < -0.4 is 0 Å². The van der Waals surface area contributed by atoms with E-state index in [1.54, 1.807) is 6.20 Å². The predicted molar refractivity (Wildman–Crippen MR) is 89.1 cm³/mol. The third kappa shape index (κ3) is 3.90. The number of likely N-dealkylation sites (tertiary alicyclic amines) is 1. The summed E-state index contributed by atoms with van der Waals surface area (Å²) < 4.78 is 6.16. The van der Waals surface area contributed by atoms with Crippen molar-refractivity contribution in [2.45, 2.75) is 43.7 Å². The molecule has 1 aromatic heterocycles. The van der Waals surface area contributed by atoms with Crippen molar-refractivity contribution in [3.05, 3.63) is 30.1 Å². The van der Waals surface area contributed by atoms with E-state index >= 15 is 0 Å². The second-order valence-electron chi connectivity index (χ2n) is 7.02. The van der Waals surface area contributed by atoms with E-state index in [2.05, 4.69) is 24.0 Å². The van der Waals surface area contributed by atoms with Gasteiger partial charge in [0.1, 0.15) is 0 Å². The molecular weight excluding hydrogens is 290 g/mol. The van der Waals surface area contributed by atoms with Gasteiger partial charge in [-0.3, -0.25) is 9.78 Å². The smallest absolute Gasteiger partial charge is 0.228 e. The van der Waals surface area contributed by atoms with E-state index in [0.717, 1.165) is 51.1 Å². The zero-order valence-corrected chi connectivity index (χ0v) is 14.2. The standard InChI is InChI=1S/C18H27N3O2/c1-20(2)16-6-12-23-18(14-16)7-10-21(11-8-18)17(22)13-15-5-3-4-9-19-15/h3-5,9,16H,6-8,10-14H2,1-2H3. The second kappa shape index (κ2) is 6.97. The lowest BCUT2D eigenvalue weighted by Gasteiger charge is -2.47. The molecule has 2 aliphatic heterocycles. The van der Waals surface area contributed by atoms with Gasteiger partial charge in [-0.1, -0.05) is 6.07 Å². The van der Waals surface area contributed by atoms with E-state index in [1.165, 1.54) is 0 Å². The highest BCUT2D eigenvalue weighted by Crippen LogP contribution is 2.36. The molecule has 3 rings (SSSR count). The number of nitrogens with zero attached hydrogens (tertiary/aromatic N) is 3. The van der Waals surface area contributed by atoms with Crippen LogP contribution >= 0.6 is 0 Å². The van der Waals surface area contributed by atoms with Crippen molar-refractivity contribution in [1.29, 1.82) is 0 Å². The maximum absolute atomic E-state index is 12.4. The first-order chi connectivity index (χ1) is 11.1. The van der Waals surface area contributed by atoms with Crippen molar-refractivity contribution < 1.29 is 9.53 Å². The molecule has 1 spiro atoms. The molecule has 1 atom stereocenters. The summed E-state index contributed by atoms with van der Waals surface area (Å²) in [5, 5.41) is 0. The Hall–Kier alpha value is -1.46. The molecule has 5 nitrogen and oxygen atoms in total. The first-order valence-corrected chi connectivity index (χ1v) is 8.56. The third-order valence-electron chi connectivity index (χ3n) is 5.28. The summed E-state index contributed by atoms with van der Waals surface area (Å²) in [4.78, 5) is 21.0. The van der Waals surface area contributed by atoms with Gasteiger partial charge in [-0.2, -0.15) is 0 Å². The number of hydrogen-bond donors (Lipinski definition) is 0. The molecule has 2 aliphatic rings. The average molecular weight is 317 g/mol. The molecule has 2 fully saturated rings. The molecule has 1 unspecified atom stereocenters. The fraction of sp³-hybridized carbons (Fsp3) is 0.667. The van der Waals surface area contributed by atoms with Gasteiger partial charge in [-0.25, -0.2) is 0 Å². The Morgan fingerprint density at radius 3 is 2.83 bits per heavy atom. The molecule has 0 saturated carbocycles. The summed E-state index contributed by atoms with van der Waals surface area (Å²) in [6.07, 6.45) is 6.23. The highest BCUT2D eigenvalue weighted by Gasteiger charge is 2.41. The van der Waals surface area contributed by atoms with Crippen LogP contribution in [0.5, 0.6) is 0 Å². The van der Waals surface area contributed by atoms with Gasteiger partial charge in [-0.05, 0) is 51.9 Å². The molecule has 1 amide bonds. The number of carbonyl (C=O) groups is 1. The SMILES string of the molecule is CN(C)C1CCOC2(CCN(C(=O)Cc3ccccn3)CC2)C1. The van der Waals surface area contributed by atoms with Crippen LogP contribution in [0.1, 0.15) is 31.4 Å². The van der Waals surface area contributed by atoms with Crippen LogP contribution in [-0.2, 0) is 16.0 Å². The van der Waals surface area contributed by atoms with E-state index < -0.39 is 0 Å².